The van der Waals surface area contributed by atoms with E-state index < -0.39 is 42.3 Å². The second-order valence-electron chi connectivity index (χ2n) is 25.9. The number of hydrogen-bond acceptors (Lipinski definition) is 5. The van der Waals surface area contributed by atoms with Crippen LogP contribution in [0.4, 0.5) is 22.7 Å². The first-order valence-electron chi connectivity index (χ1n) is 35.4. The number of para-hydroxylation sites is 4. The molecule has 0 saturated heterocycles. The molecule has 4 heterocycles. The maximum atomic E-state index is 10.1. The fourth-order valence-corrected chi connectivity index (χ4v) is 11.9. The molecule has 0 amide bonds. The highest BCUT2D eigenvalue weighted by atomic mass is 16.5. The van der Waals surface area contributed by atoms with Gasteiger partial charge in [-0.15, -0.1) is 0 Å². The number of pyridine rings is 1. The lowest BCUT2D eigenvalue weighted by molar-refractivity contribution is 0.483. The molecule has 9 aromatic carbocycles. The Balaban J connectivity index is 1.07. The molecule has 13 rings (SSSR count). The van der Waals surface area contributed by atoms with Crippen molar-refractivity contribution in [2.24, 2.45) is 0 Å². The zero-order chi connectivity index (χ0) is 69.9. The first-order valence-corrected chi connectivity index (χ1v) is 28.9. The SMILES string of the molecule is [2H]c1c([2H])c([2H])c(-c2cccc(-c3cc(C(C)(C)C)cc(C(C)(C)C)c3)c2N2CN(c3cc(Oc4cc5c(c([2H])c4[2H])c4c6oc7c([2H])c([2H])c([2H])c([2H])c7c6c([2H])c([2H])c4n5-c4cc(C(C)(C)C)ccn4)cc(-c4c(C(C)C)cccc4C(C)C)c3)c3ccccc32)c([2H])c1[2H]. The number of rotatable bonds is 10. The number of anilines is 4. The van der Waals surface area contributed by atoms with Crippen molar-refractivity contribution in [1.29, 1.82) is 0 Å². The Hall–Kier alpha value is -8.87. The molecular weight excluding hydrogens is 1020 g/mol. The minimum Gasteiger partial charge on any atom is -0.457 e. The standard InChI is InChI=1S/C78H76N4O2/c1-48(2)59-26-21-27-60(49(3)4)72(59)52-41-56(80-47-81(67-31-19-18-30-66(67)80)74-61(50-23-15-14-16-24-50)28-22-29-62(74)51-39-54(77(8,9)10)43-55(40-51)78(11,12)13)45-58(42-52)83-57-33-34-65-69(46-57)82(71-44-53(37-38-79-71)76(5,6)7)68-36-35-64-63-25-17-20-32-70(63)84-75(64)73(65)68/h14-46,48-49H,47H2,1-13H3/i14D,15D,16D,17D,20D,23D,24D,25D,32D,33D,34D,35D,36D. The minimum atomic E-state index is -0.529. The highest BCUT2D eigenvalue weighted by molar-refractivity contribution is 6.24. The van der Waals surface area contributed by atoms with Gasteiger partial charge in [-0.3, -0.25) is 4.57 Å². The van der Waals surface area contributed by atoms with E-state index >= 15 is 0 Å². The summed E-state index contributed by atoms with van der Waals surface area (Å²) in [6.07, 6.45) is 1.66. The molecule has 6 nitrogen and oxygen atoms in total. The van der Waals surface area contributed by atoms with Crippen molar-refractivity contribution in [3.05, 3.63) is 228 Å². The number of ether oxygens (including phenoxy) is 1. The molecule has 1 aliphatic heterocycles. The van der Waals surface area contributed by atoms with E-state index in [0.717, 1.165) is 61.4 Å². The van der Waals surface area contributed by atoms with Crippen molar-refractivity contribution in [1.82, 2.24) is 9.55 Å². The molecule has 0 aliphatic carbocycles. The van der Waals surface area contributed by atoms with Crippen LogP contribution >= 0.6 is 0 Å². The number of benzene rings is 9. The quantitative estimate of drug-likeness (QED) is 0.137. The maximum absolute atomic E-state index is 10.1. The van der Waals surface area contributed by atoms with Crippen LogP contribution in [0.15, 0.2) is 204 Å². The van der Waals surface area contributed by atoms with Crippen LogP contribution < -0.4 is 14.5 Å². The Labute approximate surface area is 514 Å². The number of nitrogens with zero attached hydrogens (tertiary/aromatic N) is 4. The molecule has 0 spiro atoms. The number of hydrogen-bond donors (Lipinski definition) is 0. The predicted octanol–water partition coefficient (Wildman–Crippen LogP) is 22.3. The molecule has 0 fully saturated rings. The molecule has 0 atom stereocenters. The predicted molar refractivity (Wildman–Crippen MR) is 355 cm³/mol. The van der Waals surface area contributed by atoms with Gasteiger partial charge in [0.15, 0.2) is 0 Å². The van der Waals surface area contributed by atoms with Crippen molar-refractivity contribution in [3.8, 4) is 50.7 Å². The van der Waals surface area contributed by atoms with Gasteiger partial charge in [0.2, 0.25) is 0 Å². The second-order valence-corrected chi connectivity index (χ2v) is 25.9. The van der Waals surface area contributed by atoms with E-state index in [2.05, 4.69) is 142 Å². The molecule has 84 heavy (non-hydrogen) atoms. The first kappa shape index (κ1) is 41.2. The lowest BCUT2D eigenvalue weighted by Crippen LogP contribution is -2.25. The van der Waals surface area contributed by atoms with Gasteiger partial charge in [-0.1, -0.05) is 205 Å². The molecule has 420 valence electrons. The molecule has 3 aromatic heterocycles. The van der Waals surface area contributed by atoms with E-state index in [1.807, 2.05) is 66.7 Å². The molecule has 0 unspecified atom stereocenters. The van der Waals surface area contributed by atoms with Gasteiger partial charge in [-0.05, 0) is 145 Å². The van der Waals surface area contributed by atoms with Gasteiger partial charge in [0.1, 0.15) is 35.2 Å². The van der Waals surface area contributed by atoms with Crippen LogP contribution in [0.25, 0.3) is 82.9 Å². The molecular formula is C78H76N4O2. The van der Waals surface area contributed by atoms with Gasteiger partial charge in [0, 0.05) is 51.3 Å². The van der Waals surface area contributed by atoms with Gasteiger partial charge in [-0.2, -0.15) is 0 Å². The minimum absolute atomic E-state index is 0.0201. The van der Waals surface area contributed by atoms with E-state index in [1.54, 1.807) is 16.8 Å². The highest BCUT2D eigenvalue weighted by Crippen LogP contribution is 2.53. The lowest BCUT2D eigenvalue weighted by Gasteiger charge is -2.30. The maximum Gasteiger partial charge on any atom is 0.145 e. The van der Waals surface area contributed by atoms with Gasteiger partial charge < -0.3 is 19.0 Å². The Morgan fingerprint density at radius 1 is 0.512 bits per heavy atom. The Morgan fingerprint density at radius 3 is 1.82 bits per heavy atom. The summed E-state index contributed by atoms with van der Waals surface area (Å²) in [5, 5.41) is 0.231. The summed E-state index contributed by atoms with van der Waals surface area (Å²) >= 11 is 0. The summed E-state index contributed by atoms with van der Waals surface area (Å²) < 4.78 is 136. The summed E-state index contributed by atoms with van der Waals surface area (Å²) in [4.78, 5) is 9.20. The van der Waals surface area contributed by atoms with E-state index in [9.17, 15) is 8.22 Å². The number of aromatic nitrogens is 2. The van der Waals surface area contributed by atoms with Crippen molar-refractivity contribution in [3.63, 3.8) is 0 Å². The number of furan rings is 1. The van der Waals surface area contributed by atoms with Crippen LogP contribution in [-0.4, -0.2) is 16.2 Å². The summed E-state index contributed by atoms with van der Waals surface area (Å²) in [5.41, 5.74) is 11.4. The van der Waals surface area contributed by atoms with Crippen molar-refractivity contribution >= 4 is 66.5 Å². The molecule has 0 saturated carbocycles. The van der Waals surface area contributed by atoms with E-state index in [-0.39, 0.29) is 126 Å². The summed E-state index contributed by atoms with van der Waals surface area (Å²) in [6.45, 7) is 28.1. The zero-order valence-corrected chi connectivity index (χ0v) is 50.0. The third kappa shape index (κ3) is 9.60. The smallest absolute Gasteiger partial charge is 0.145 e. The van der Waals surface area contributed by atoms with Crippen LogP contribution in [0.3, 0.4) is 0 Å². The van der Waals surface area contributed by atoms with E-state index in [1.165, 1.54) is 0 Å². The van der Waals surface area contributed by atoms with Crippen LogP contribution in [0.5, 0.6) is 11.5 Å². The van der Waals surface area contributed by atoms with Crippen molar-refractivity contribution in [2.75, 3.05) is 16.5 Å². The normalized spacial score (nSPS) is 15.3. The highest BCUT2D eigenvalue weighted by Gasteiger charge is 2.33. The van der Waals surface area contributed by atoms with Crippen molar-refractivity contribution < 1.29 is 27.0 Å². The van der Waals surface area contributed by atoms with Gasteiger partial charge in [-0.25, -0.2) is 4.98 Å². The average molecular weight is 1110 g/mol. The molecule has 1 aliphatic rings. The van der Waals surface area contributed by atoms with Crippen LogP contribution in [0, 0.1) is 0 Å². The summed E-state index contributed by atoms with van der Waals surface area (Å²) in [5.74, 6) is 0.772. The fourth-order valence-electron chi connectivity index (χ4n) is 11.9. The van der Waals surface area contributed by atoms with Gasteiger partial charge in [0.25, 0.3) is 0 Å². The summed E-state index contributed by atoms with van der Waals surface area (Å²) in [6, 6.07) is 32.9. The lowest BCUT2D eigenvalue weighted by atomic mass is 9.78. The average Bonchev–Trinajstić information content (AvgIpc) is 1.53. The Morgan fingerprint density at radius 2 is 1.14 bits per heavy atom. The van der Waals surface area contributed by atoms with Gasteiger partial charge >= 0.3 is 0 Å². The van der Waals surface area contributed by atoms with Gasteiger partial charge in [0.05, 0.1) is 51.3 Å². The largest absolute Gasteiger partial charge is 0.457 e. The third-order valence-corrected chi connectivity index (χ3v) is 16.4. The Bertz CT molecular complexity index is 5230. The fraction of sp³-hybridized carbons (Fsp3) is 0.244. The molecule has 0 radical (unpaired) electrons. The van der Waals surface area contributed by atoms with E-state index in [4.69, 9.17) is 23.7 Å². The van der Waals surface area contributed by atoms with E-state index in [0.29, 0.717) is 28.5 Å². The van der Waals surface area contributed by atoms with Crippen LogP contribution in [-0.2, 0) is 16.2 Å². The van der Waals surface area contributed by atoms with Crippen molar-refractivity contribution in [2.45, 2.75) is 118 Å². The Kier molecular flexibility index (Phi) is 10.0. The zero-order valence-electron chi connectivity index (χ0n) is 63.0. The first-order chi connectivity index (χ1) is 45.6. The summed E-state index contributed by atoms with van der Waals surface area (Å²) in [7, 11) is 0. The number of fused-ring (bicyclic) bond motifs is 8. The van der Waals surface area contributed by atoms with Crippen LogP contribution in [0.2, 0.25) is 0 Å². The molecule has 12 aromatic rings. The van der Waals surface area contributed by atoms with Crippen LogP contribution in [0.1, 0.15) is 147 Å². The third-order valence-electron chi connectivity index (χ3n) is 16.4. The topological polar surface area (TPSA) is 46.7 Å². The monoisotopic (exact) mass is 1110 g/mol. The molecule has 6 heteroatoms. The second kappa shape index (κ2) is 20.5. The molecule has 0 bridgehead atoms. The molecule has 0 N–H and O–H groups in total.